The first-order valence-corrected chi connectivity index (χ1v) is 8.05. The molecule has 2 aliphatic heterocycles. The normalized spacial score (nSPS) is 28.3. The molecule has 0 N–H and O–H groups in total. The molecule has 0 aromatic carbocycles. The zero-order chi connectivity index (χ0) is 13.2. The van der Waals surface area contributed by atoms with Crippen LogP contribution in [0.2, 0.25) is 0 Å². The van der Waals surface area contributed by atoms with E-state index in [1.54, 1.807) is 0 Å². The monoisotopic (exact) mass is 261 g/mol. The summed E-state index contributed by atoms with van der Waals surface area (Å²) >= 11 is 0. The van der Waals surface area contributed by atoms with Gasteiger partial charge in [-0.2, -0.15) is 0 Å². The Bertz CT molecular complexity index is 424. The predicted octanol–water partition coefficient (Wildman–Crippen LogP) is 2.88. The topological polar surface area (TPSA) is 21.1 Å². The van der Waals surface area contributed by atoms with Gasteiger partial charge in [-0.05, 0) is 44.7 Å². The van der Waals surface area contributed by atoms with Crippen molar-refractivity contribution >= 4 is 0 Å². The predicted molar refractivity (Wildman–Crippen MR) is 78.3 cm³/mol. The molecule has 1 saturated heterocycles. The number of hydrogen-bond acceptors (Lipinski definition) is 2. The smallest absolute Gasteiger partial charge is 0.110 e. The van der Waals surface area contributed by atoms with Gasteiger partial charge in [-0.1, -0.05) is 20.3 Å². The first-order chi connectivity index (χ1) is 9.28. The highest BCUT2D eigenvalue weighted by Crippen LogP contribution is 2.24. The lowest BCUT2D eigenvalue weighted by Crippen LogP contribution is -2.41. The van der Waals surface area contributed by atoms with Crippen LogP contribution in [0.4, 0.5) is 0 Å². The Hall–Kier alpha value is -0.830. The summed E-state index contributed by atoms with van der Waals surface area (Å²) in [6, 6.07) is 0.726. The van der Waals surface area contributed by atoms with Crippen LogP contribution in [0.1, 0.15) is 51.0 Å². The molecule has 3 heterocycles. The highest BCUT2D eigenvalue weighted by molar-refractivity contribution is 5.10. The minimum atomic E-state index is 0.726. The van der Waals surface area contributed by atoms with E-state index in [1.165, 1.54) is 63.3 Å². The second-order valence-electron chi connectivity index (χ2n) is 6.40. The minimum Gasteiger partial charge on any atom is -0.332 e. The molecule has 3 rings (SSSR count). The fraction of sp³-hybridized carbons (Fsp3) is 0.812. The first kappa shape index (κ1) is 13.2. The van der Waals surface area contributed by atoms with Crippen LogP contribution >= 0.6 is 0 Å². The average molecular weight is 261 g/mol. The maximum Gasteiger partial charge on any atom is 0.110 e. The molecular formula is C16H27N3. The second kappa shape index (κ2) is 5.66. The molecule has 3 heteroatoms. The van der Waals surface area contributed by atoms with Crippen LogP contribution in [0, 0.1) is 5.92 Å². The molecule has 106 valence electrons. The first-order valence-electron chi connectivity index (χ1n) is 8.05. The molecule has 1 aromatic rings. The van der Waals surface area contributed by atoms with Gasteiger partial charge in [0, 0.05) is 30.9 Å². The van der Waals surface area contributed by atoms with E-state index in [4.69, 9.17) is 4.98 Å². The molecule has 19 heavy (non-hydrogen) atoms. The van der Waals surface area contributed by atoms with Crippen molar-refractivity contribution in [3.05, 3.63) is 17.7 Å². The summed E-state index contributed by atoms with van der Waals surface area (Å²) in [6.45, 7) is 8.31. The Morgan fingerprint density at radius 3 is 3.00 bits per heavy atom. The Kier molecular flexibility index (Phi) is 3.92. The van der Waals surface area contributed by atoms with Crippen molar-refractivity contribution in [2.45, 2.75) is 65.0 Å². The van der Waals surface area contributed by atoms with E-state index in [9.17, 15) is 0 Å². The van der Waals surface area contributed by atoms with E-state index in [1.807, 2.05) is 0 Å². The van der Waals surface area contributed by atoms with Crippen LogP contribution in [-0.4, -0.2) is 33.6 Å². The molecule has 1 aromatic heterocycles. The summed E-state index contributed by atoms with van der Waals surface area (Å²) in [7, 11) is 0. The highest BCUT2D eigenvalue weighted by atomic mass is 15.2. The summed E-state index contributed by atoms with van der Waals surface area (Å²) in [5.74, 6) is 2.17. The zero-order valence-corrected chi connectivity index (χ0v) is 12.4. The molecular weight excluding hydrogens is 234 g/mol. The van der Waals surface area contributed by atoms with Crippen molar-refractivity contribution in [2.24, 2.45) is 5.92 Å². The molecule has 3 nitrogen and oxygen atoms in total. The molecule has 0 radical (unpaired) electrons. The standard InChI is InChI=1S/C16H27N3/c1-3-18-8-5-4-6-14(18)11-16-17-12-15-10-13(2)7-9-19(15)16/h12-14H,3-11H2,1-2H3. The van der Waals surface area contributed by atoms with Crippen LogP contribution in [0.3, 0.4) is 0 Å². The third-order valence-electron chi connectivity index (χ3n) is 5.00. The maximum atomic E-state index is 4.73. The molecule has 0 amide bonds. The quantitative estimate of drug-likeness (QED) is 0.834. The van der Waals surface area contributed by atoms with Gasteiger partial charge in [0.25, 0.3) is 0 Å². The number of rotatable bonds is 3. The van der Waals surface area contributed by atoms with Gasteiger partial charge in [0.05, 0.1) is 0 Å². The number of nitrogens with zero attached hydrogens (tertiary/aromatic N) is 3. The number of likely N-dealkylation sites (N-methyl/N-ethyl adjacent to an activating group) is 1. The maximum absolute atomic E-state index is 4.73. The van der Waals surface area contributed by atoms with Gasteiger partial charge in [-0.3, -0.25) is 0 Å². The van der Waals surface area contributed by atoms with Crippen molar-refractivity contribution in [3.8, 4) is 0 Å². The van der Waals surface area contributed by atoms with E-state index in [0.717, 1.165) is 18.4 Å². The van der Waals surface area contributed by atoms with E-state index in [-0.39, 0.29) is 0 Å². The van der Waals surface area contributed by atoms with E-state index in [2.05, 4.69) is 29.5 Å². The minimum absolute atomic E-state index is 0.726. The number of hydrogen-bond donors (Lipinski definition) is 0. The van der Waals surface area contributed by atoms with E-state index in [0.29, 0.717) is 0 Å². The second-order valence-corrected chi connectivity index (χ2v) is 6.40. The number of piperidine rings is 1. The van der Waals surface area contributed by atoms with Gasteiger partial charge in [0.1, 0.15) is 5.82 Å². The molecule has 0 spiro atoms. The Morgan fingerprint density at radius 2 is 2.16 bits per heavy atom. The van der Waals surface area contributed by atoms with Crippen molar-refractivity contribution in [3.63, 3.8) is 0 Å². The number of likely N-dealkylation sites (tertiary alicyclic amines) is 1. The van der Waals surface area contributed by atoms with Crippen molar-refractivity contribution in [2.75, 3.05) is 13.1 Å². The van der Waals surface area contributed by atoms with Gasteiger partial charge in [0.15, 0.2) is 0 Å². The largest absolute Gasteiger partial charge is 0.332 e. The average Bonchev–Trinajstić information content (AvgIpc) is 2.82. The lowest BCUT2D eigenvalue weighted by Gasteiger charge is -2.35. The molecule has 0 bridgehead atoms. The summed E-state index contributed by atoms with van der Waals surface area (Å²) in [5.41, 5.74) is 1.47. The Balaban J connectivity index is 1.73. The zero-order valence-electron chi connectivity index (χ0n) is 12.4. The molecule has 2 aliphatic rings. The van der Waals surface area contributed by atoms with Crippen LogP contribution in [0.5, 0.6) is 0 Å². The number of aromatic nitrogens is 2. The Morgan fingerprint density at radius 1 is 1.26 bits per heavy atom. The van der Waals surface area contributed by atoms with E-state index < -0.39 is 0 Å². The Labute approximate surface area is 117 Å². The van der Waals surface area contributed by atoms with Gasteiger partial charge < -0.3 is 9.47 Å². The highest BCUT2D eigenvalue weighted by Gasteiger charge is 2.25. The summed E-state index contributed by atoms with van der Waals surface area (Å²) in [5, 5.41) is 0. The van der Waals surface area contributed by atoms with Crippen LogP contribution in [0.25, 0.3) is 0 Å². The van der Waals surface area contributed by atoms with Crippen molar-refractivity contribution in [1.29, 1.82) is 0 Å². The molecule has 1 fully saturated rings. The molecule has 2 unspecified atom stereocenters. The fourth-order valence-corrected chi connectivity index (χ4v) is 3.78. The van der Waals surface area contributed by atoms with Gasteiger partial charge in [-0.15, -0.1) is 0 Å². The third kappa shape index (κ3) is 2.71. The number of fused-ring (bicyclic) bond motifs is 1. The summed E-state index contributed by atoms with van der Waals surface area (Å²) < 4.78 is 2.50. The van der Waals surface area contributed by atoms with Crippen molar-refractivity contribution in [1.82, 2.24) is 14.5 Å². The van der Waals surface area contributed by atoms with Gasteiger partial charge >= 0.3 is 0 Å². The van der Waals surface area contributed by atoms with Crippen LogP contribution < -0.4 is 0 Å². The molecule has 2 atom stereocenters. The van der Waals surface area contributed by atoms with Crippen molar-refractivity contribution < 1.29 is 0 Å². The van der Waals surface area contributed by atoms with Crippen LogP contribution in [0.15, 0.2) is 6.20 Å². The third-order valence-corrected chi connectivity index (χ3v) is 5.00. The SMILES string of the molecule is CCN1CCCCC1Cc1ncc2n1CCC(C)C2. The van der Waals surface area contributed by atoms with Gasteiger partial charge in [0.2, 0.25) is 0 Å². The molecule has 0 aliphatic carbocycles. The lowest BCUT2D eigenvalue weighted by atomic mass is 9.97. The molecule has 0 saturated carbocycles. The summed E-state index contributed by atoms with van der Waals surface area (Å²) in [4.78, 5) is 7.38. The fourth-order valence-electron chi connectivity index (χ4n) is 3.78. The summed E-state index contributed by atoms with van der Waals surface area (Å²) in [6.07, 6.45) is 9.94. The number of imidazole rings is 1. The van der Waals surface area contributed by atoms with Gasteiger partial charge in [-0.25, -0.2) is 4.98 Å². The lowest BCUT2D eigenvalue weighted by molar-refractivity contribution is 0.152. The van der Waals surface area contributed by atoms with E-state index >= 15 is 0 Å². The van der Waals surface area contributed by atoms with Crippen LogP contribution in [-0.2, 0) is 19.4 Å².